The van der Waals surface area contributed by atoms with Crippen molar-refractivity contribution >= 4 is 27.3 Å². The Kier molecular flexibility index (Phi) is 4.65. The number of hydrogen-bond acceptors (Lipinski definition) is 5. The number of anilines is 2. The van der Waals surface area contributed by atoms with Crippen LogP contribution in [0.4, 0.5) is 11.4 Å². The average Bonchev–Trinajstić information content (AvgIpc) is 3.32. The van der Waals surface area contributed by atoms with Crippen LogP contribution >= 0.6 is 0 Å². The first-order valence-corrected chi connectivity index (χ1v) is 10.7. The molecule has 0 unspecified atom stereocenters. The molecule has 9 heteroatoms. The van der Waals surface area contributed by atoms with Gasteiger partial charge in [0.1, 0.15) is 5.54 Å². The molecule has 2 fully saturated rings. The van der Waals surface area contributed by atoms with Gasteiger partial charge in [-0.05, 0) is 56.6 Å². The Labute approximate surface area is 158 Å². The zero-order valence-corrected chi connectivity index (χ0v) is 15.8. The van der Waals surface area contributed by atoms with Gasteiger partial charge in [-0.15, -0.1) is 0 Å². The highest BCUT2D eigenvalue weighted by Gasteiger charge is 2.42. The first-order chi connectivity index (χ1) is 13.0. The van der Waals surface area contributed by atoms with Crippen molar-refractivity contribution in [1.82, 2.24) is 15.1 Å². The molecule has 0 spiro atoms. The van der Waals surface area contributed by atoms with Gasteiger partial charge in [-0.25, -0.2) is 8.42 Å². The lowest BCUT2D eigenvalue weighted by Gasteiger charge is -2.36. The summed E-state index contributed by atoms with van der Waals surface area (Å²) in [5, 5.41) is 10.6. The highest BCUT2D eigenvalue weighted by molar-refractivity contribution is 7.93. The zero-order valence-electron chi connectivity index (χ0n) is 15.0. The van der Waals surface area contributed by atoms with Crippen LogP contribution in [0.25, 0.3) is 0 Å². The monoisotopic (exact) mass is 389 g/mol. The Bertz CT molecular complexity index is 920. The van der Waals surface area contributed by atoms with Crippen molar-refractivity contribution in [3.63, 3.8) is 0 Å². The van der Waals surface area contributed by atoms with Crippen molar-refractivity contribution in [2.24, 2.45) is 0 Å². The van der Waals surface area contributed by atoms with Crippen molar-refractivity contribution in [3.05, 3.63) is 42.7 Å². The number of amides is 1. The van der Waals surface area contributed by atoms with Gasteiger partial charge in [-0.2, -0.15) is 5.10 Å². The van der Waals surface area contributed by atoms with E-state index in [2.05, 4.69) is 15.7 Å². The fraction of sp³-hybridized carbons (Fsp3) is 0.444. The van der Waals surface area contributed by atoms with E-state index in [1.54, 1.807) is 35.1 Å². The number of sulfonamides is 1. The van der Waals surface area contributed by atoms with Gasteiger partial charge in [0.2, 0.25) is 10.0 Å². The number of nitrogens with one attached hydrogen (secondary N) is 2. The molecule has 27 heavy (non-hydrogen) atoms. The average molecular weight is 389 g/mol. The van der Waals surface area contributed by atoms with E-state index >= 15 is 0 Å². The maximum Gasteiger partial charge on any atom is 0.252 e. The number of rotatable bonds is 4. The van der Waals surface area contributed by atoms with Gasteiger partial charge in [0.25, 0.3) is 5.91 Å². The summed E-state index contributed by atoms with van der Waals surface area (Å²) in [5.74, 6) is 0.0352. The lowest BCUT2D eigenvalue weighted by molar-refractivity contribution is -0.126. The fourth-order valence-corrected chi connectivity index (χ4v) is 5.39. The van der Waals surface area contributed by atoms with Gasteiger partial charge in [0.15, 0.2) is 0 Å². The second-order valence-electron chi connectivity index (χ2n) is 6.98. The summed E-state index contributed by atoms with van der Waals surface area (Å²) in [5.41, 5.74) is 0.429. The topological polar surface area (TPSA) is 96.3 Å². The van der Waals surface area contributed by atoms with Gasteiger partial charge in [0.05, 0.1) is 11.4 Å². The van der Waals surface area contributed by atoms with Crippen molar-refractivity contribution in [2.45, 2.75) is 24.8 Å². The molecule has 2 aliphatic rings. The third-order valence-corrected chi connectivity index (χ3v) is 7.16. The lowest BCUT2D eigenvalue weighted by atomic mass is 9.87. The van der Waals surface area contributed by atoms with Crippen LogP contribution in [0, 0.1) is 0 Å². The molecule has 0 bridgehead atoms. The molecule has 3 heterocycles. The SMILES string of the molecule is O=C(Nc1cccc(N2CCCS2(=O)=O)c1)C1(n2cccn2)CCNCC1. The van der Waals surface area contributed by atoms with Crippen molar-refractivity contribution in [2.75, 3.05) is 35.0 Å². The molecule has 2 saturated heterocycles. The molecule has 2 aliphatic heterocycles. The predicted octanol–water partition coefficient (Wildman–Crippen LogP) is 1.14. The van der Waals surface area contributed by atoms with Gasteiger partial charge in [0, 0.05) is 24.6 Å². The Morgan fingerprint density at radius 2 is 2.04 bits per heavy atom. The van der Waals surface area contributed by atoms with E-state index in [1.165, 1.54) is 4.31 Å². The first-order valence-electron chi connectivity index (χ1n) is 9.14. The van der Waals surface area contributed by atoms with Crippen molar-refractivity contribution in [1.29, 1.82) is 0 Å². The smallest absolute Gasteiger partial charge is 0.252 e. The standard InChI is InChI=1S/C18H23N5O3S/c24-17(18(6-9-19-10-7-18)23-12-2-8-20-23)21-15-4-1-5-16(14-15)22-11-3-13-27(22,25)26/h1-2,4-5,8,12,14,19H,3,6-7,9-11,13H2,(H,21,24). The van der Waals surface area contributed by atoms with Gasteiger partial charge in [-0.3, -0.25) is 13.8 Å². The highest BCUT2D eigenvalue weighted by atomic mass is 32.2. The molecular weight excluding hydrogens is 366 g/mol. The fourth-order valence-electron chi connectivity index (χ4n) is 3.84. The van der Waals surface area contributed by atoms with E-state index in [-0.39, 0.29) is 11.7 Å². The van der Waals surface area contributed by atoms with Gasteiger partial charge >= 0.3 is 0 Å². The Balaban J connectivity index is 1.60. The molecule has 1 amide bonds. The van der Waals surface area contributed by atoms with Crippen molar-refractivity contribution < 1.29 is 13.2 Å². The van der Waals surface area contributed by atoms with Crippen LogP contribution in [0.15, 0.2) is 42.7 Å². The van der Waals surface area contributed by atoms with Crippen LogP contribution < -0.4 is 14.9 Å². The normalized spacial score (nSPS) is 21.1. The molecule has 0 saturated carbocycles. The summed E-state index contributed by atoms with van der Waals surface area (Å²) in [6.45, 7) is 1.95. The summed E-state index contributed by atoms with van der Waals surface area (Å²) < 4.78 is 27.5. The summed E-state index contributed by atoms with van der Waals surface area (Å²) in [6.07, 6.45) is 5.39. The summed E-state index contributed by atoms with van der Waals surface area (Å²) >= 11 is 0. The number of piperidine rings is 1. The quantitative estimate of drug-likeness (QED) is 0.818. The van der Waals surface area contributed by atoms with E-state index in [0.717, 1.165) is 13.1 Å². The Morgan fingerprint density at radius 3 is 2.70 bits per heavy atom. The molecule has 2 aromatic rings. The van der Waals surface area contributed by atoms with Crippen LogP contribution in [0.2, 0.25) is 0 Å². The molecule has 1 aromatic carbocycles. The number of benzene rings is 1. The second-order valence-corrected chi connectivity index (χ2v) is 8.99. The summed E-state index contributed by atoms with van der Waals surface area (Å²) in [4.78, 5) is 13.2. The Hall–Kier alpha value is -2.39. The number of hydrogen-bond donors (Lipinski definition) is 2. The van der Waals surface area contributed by atoms with E-state index < -0.39 is 15.6 Å². The predicted molar refractivity (Wildman–Crippen MR) is 103 cm³/mol. The van der Waals surface area contributed by atoms with Crippen molar-refractivity contribution in [3.8, 4) is 0 Å². The largest absolute Gasteiger partial charge is 0.324 e. The van der Waals surface area contributed by atoms with E-state index in [0.29, 0.717) is 37.2 Å². The maximum atomic E-state index is 13.2. The molecule has 1 aromatic heterocycles. The van der Waals surface area contributed by atoms with Gasteiger partial charge < -0.3 is 10.6 Å². The molecule has 144 valence electrons. The minimum absolute atomic E-state index is 0.130. The number of carbonyl (C=O) groups excluding carboxylic acids is 1. The van der Waals surface area contributed by atoms with Crippen LogP contribution in [-0.2, 0) is 20.4 Å². The molecule has 0 aliphatic carbocycles. The summed E-state index contributed by atoms with van der Waals surface area (Å²) in [6, 6.07) is 8.84. The second kappa shape index (κ2) is 6.97. The summed E-state index contributed by atoms with van der Waals surface area (Å²) in [7, 11) is -3.26. The highest BCUT2D eigenvalue weighted by Crippen LogP contribution is 2.30. The van der Waals surface area contributed by atoms with Gasteiger partial charge in [-0.1, -0.05) is 6.07 Å². The molecule has 8 nitrogen and oxygen atoms in total. The molecule has 0 atom stereocenters. The minimum atomic E-state index is -3.26. The van der Waals surface area contributed by atoms with E-state index in [9.17, 15) is 13.2 Å². The molecular formula is C18H23N5O3S. The third-order valence-electron chi connectivity index (χ3n) is 5.29. The first kappa shape index (κ1) is 18.0. The van der Waals surface area contributed by atoms with Crippen LogP contribution in [0.1, 0.15) is 19.3 Å². The minimum Gasteiger partial charge on any atom is -0.324 e. The number of nitrogens with zero attached hydrogens (tertiary/aromatic N) is 3. The zero-order chi connectivity index (χ0) is 18.9. The van der Waals surface area contributed by atoms with Crippen LogP contribution in [0.3, 0.4) is 0 Å². The van der Waals surface area contributed by atoms with Crippen LogP contribution in [-0.4, -0.2) is 49.5 Å². The number of aromatic nitrogens is 2. The molecule has 2 N–H and O–H groups in total. The van der Waals surface area contributed by atoms with E-state index in [1.807, 2.05) is 12.3 Å². The van der Waals surface area contributed by atoms with Crippen LogP contribution in [0.5, 0.6) is 0 Å². The van der Waals surface area contributed by atoms with E-state index in [4.69, 9.17) is 0 Å². The molecule has 0 radical (unpaired) electrons. The lowest BCUT2D eigenvalue weighted by Crippen LogP contribution is -2.52. The Morgan fingerprint density at radius 1 is 1.22 bits per heavy atom. The molecule has 4 rings (SSSR count). The third kappa shape index (κ3) is 3.32. The number of carbonyl (C=O) groups is 1. The maximum absolute atomic E-state index is 13.2.